The fraction of sp³-hybridized carbons (Fsp3) is 0.500. The molecule has 0 amide bonds. The van der Waals surface area contributed by atoms with E-state index in [0.29, 0.717) is 11.1 Å². The van der Waals surface area contributed by atoms with Crippen molar-refractivity contribution in [3.63, 3.8) is 0 Å². The number of nitrogens with zero attached hydrogens (tertiary/aromatic N) is 5. The minimum atomic E-state index is -0.606. The van der Waals surface area contributed by atoms with Crippen molar-refractivity contribution >= 4 is 39.5 Å². The maximum Gasteiger partial charge on any atom is 0.223 e. The van der Waals surface area contributed by atoms with Crippen LogP contribution in [0.2, 0.25) is 5.15 Å². The predicted octanol–water partition coefficient (Wildman–Crippen LogP) is 5.56. The molecule has 3 fully saturated rings. The number of ether oxygens (including phenoxy) is 2. The second-order valence-electron chi connectivity index (χ2n) is 11.2. The highest BCUT2D eigenvalue weighted by Crippen LogP contribution is 2.49. The second kappa shape index (κ2) is 8.89. The molecule has 2 saturated carbocycles. The Bertz CT molecular complexity index is 1470. The Labute approximate surface area is 220 Å². The summed E-state index contributed by atoms with van der Waals surface area (Å²) in [4.78, 5) is 17.9. The molecule has 0 unspecified atom stereocenters. The number of anilines is 1. The lowest BCUT2D eigenvalue weighted by molar-refractivity contribution is -0.160. The Morgan fingerprint density at radius 3 is 2.84 bits per heavy atom. The van der Waals surface area contributed by atoms with Gasteiger partial charge in [0, 0.05) is 24.3 Å². The van der Waals surface area contributed by atoms with Crippen LogP contribution in [0.5, 0.6) is 0 Å². The molecule has 192 valence electrons. The lowest BCUT2D eigenvalue weighted by atomic mass is 9.95. The van der Waals surface area contributed by atoms with Crippen molar-refractivity contribution in [1.29, 1.82) is 0 Å². The van der Waals surface area contributed by atoms with Crippen molar-refractivity contribution in [3.05, 3.63) is 53.7 Å². The van der Waals surface area contributed by atoms with Crippen molar-refractivity contribution in [1.82, 2.24) is 24.5 Å². The highest BCUT2D eigenvalue weighted by molar-refractivity contribution is 6.33. The molecule has 0 spiro atoms. The number of hydrogen-bond acceptors (Lipinski definition) is 7. The molecular formula is C28H31ClN6O2. The summed E-state index contributed by atoms with van der Waals surface area (Å²) in [6, 6.07) is 8.65. The molecule has 4 aromatic rings. The molecular weight excluding hydrogens is 488 g/mol. The summed E-state index contributed by atoms with van der Waals surface area (Å²) < 4.78 is 15.1. The van der Waals surface area contributed by atoms with Crippen molar-refractivity contribution in [3.8, 4) is 0 Å². The predicted molar refractivity (Wildman–Crippen MR) is 143 cm³/mol. The van der Waals surface area contributed by atoms with Crippen LogP contribution in [0.3, 0.4) is 0 Å². The van der Waals surface area contributed by atoms with E-state index in [1.165, 1.54) is 24.7 Å². The smallest absolute Gasteiger partial charge is 0.223 e. The van der Waals surface area contributed by atoms with E-state index in [4.69, 9.17) is 26.1 Å². The Balaban J connectivity index is 1.11. The normalized spacial score (nSPS) is 26.7. The van der Waals surface area contributed by atoms with Crippen LogP contribution < -0.4 is 5.32 Å². The van der Waals surface area contributed by atoms with E-state index in [9.17, 15) is 0 Å². The van der Waals surface area contributed by atoms with E-state index in [0.717, 1.165) is 59.6 Å². The first-order valence-corrected chi connectivity index (χ1v) is 13.6. The van der Waals surface area contributed by atoms with Gasteiger partial charge in [0.05, 0.1) is 23.0 Å². The van der Waals surface area contributed by atoms with Crippen LogP contribution in [0.1, 0.15) is 51.1 Å². The Morgan fingerprint density at radius 2 is 1.97 bits per heavy atom. The van der Waals surface area contributed by atoms with Gasteiger partial charge in [-0.2, -0.15) is 0 Å². The monoisotopic (exact) mass is 518 g/mol. The van der Waals surface area contributed by atoms with Crippen molar-refractivity contribution in [2.24, 2.45) is 11.8 Å². The summed E-state index contributed by atoms with van der Waals surface area (Å²) in [7, 11) is 0. The van der Waals surface area contributed by atoms with E-state index in [-0.39, 0.29) is 18.2 Å². The minimum absolute atomic E-state index is 0.0335. The first kappa shape index (κ1) is 23.3. The van der Waals surface area contributed by atoms with Crippen molar-refractivity contribution in [2.75, 3.05) is 11.9 Å². The van der Waals surface area contributed by atoms with Crippen molar-refractivity contribution in [2.45, 2.75) is 70.0 Å². The Morgan fingerprint density at radius 1 is 1.11 bits per heavy atom. The molecule has 7 rings (SSSR count). The van der Waals surface area contributed by atoms with Gasteiger partial charge in [0.2, 0.25) is 5.95 Å². The van der Waals surface area contributed by atoms with E-state index in [1.54, 1.807) is 0 Å². The number of fused-ring (bicyclic) bond motifs is 3. The van der Waals surface area contributed by atoms with Gasteiger partial charge < -0.3 is 19.4 Å². The lowest BCUT2D eigenvalue weighted by Crippen LogP contribution is -2.27. The van der Waals surface area contributed by atoms with Gasteiger partial charge in [-0.1, -0.05) is 23.7 Å². The molecule has 1 aliphatic heterocycles. The third kappa shape index (κ3) is 4.45. The van der Waals surface area contributed by atoms with Gasteiger partial charge >= 0.3 is 0 Å². The largest absolute Gasteiger partial charge is 0.354 e. The number of nitrogens with one attached hydrogen (secondary N) is 1. The summed E-state index contributed by atoms with van der Waals surface area (Å²) in [6.45, 7) is 4.97. The SMILES string of the molecule is CC1(C)O[C@@H]2[C@@H](CCc3ccc4cnc(NCC5CC5)nc4c3)C[C@@H](n3ccc4c(Cl)ncnc43)[C@@H]2O1. The van der Waals surface area contributed by atoms with E-state index in [2.05, 4.69) is 49.2 Å². The van der Waals surface area contributed by atoms with Crippen LogP contribution in [0.25, 0.3) is 21.9 Å². The first-order valence-electron chi connectivity index (χ1n) is 13.3. The number of hydrogen-bond donors (Lipinski definition) is 1. The van der Waals surface area contributed by atoms with E-state index in [1.807, 2.05) is 26.1 Å². The number of rotatable bonds is 7. The van der Waals surface area contributed by atoms with Gasteiger partial charge in [-0.05, 0) is 75.5 Å². The molecule has 4 heterocycles. The summed E-state index contributed by atoms with van der Waals surface area (Å²) in [5, 5.41) is 5.80. The molecule has 0 bridgehead atoms. The summed E-state index contributed by atoms with van der Waals surface area (Å²) in [5.74, 6) is 1.26. The van der Waals surface area contributed by atoms with Gasteiger partial charge in [0.15, 0.2) is 5.79 Å². The van der Waals surface area contributed by atoms with Crippen LogP contribution >= 0.6 is 11.6 Å². The maximum absolute atomic E-state index is 6.45. The van der Waals surface area contributed by atoms with Crippen LogP contribution in [0, 0.1) is 11.8 Å². The Hall–Kier alpha value is -2.81. The quantitative estimate of drug-likeness (QED) is 0.320. The molecule has 1 N–H and O–H groups in total. The molecule has 3 aromatic heterocycles. The average molecular weight is 519 g/mol. The van der Waals surface area contributed by atoms with Gasteiger partial charge in [0.1, 0.15) is 23.2 Å². The zero-order chi connectivity index (χ0) is 25.1. The van der Waals surface area contributed by atoms with Gasteiger partial charge in [-0.3, -0.25) is 0 Å². The number of aromatic nitrogens is 5. The molecule has 8 nitrogen and oxygen atoms in total. The molecule has 0 radical (unpaired) electrons. The molecule has 3 aliphatic rings. The van der Waals surface area contributed by atoms with Crippen LogP contribution in [0.4, 0.5) is 5.95 Å². The summed E-state index contributed by atoms with van der Waals surface area (Å²) in [6.07, 6.45) is 11.0. The number of aryl methyl sites for hydroxylation is 1. The zero-order valence-corrected chi connectivity index (χ0v) is 21.9. The zero-order valence-electron chi connectivity index (χ0n) is 21.1. The summed E-state index contributed by atoms with van der Waals surface area (Å²) >= 11 is 6.33. The van der Waals surface area contributed by atoms with Crippen molar-refractivity contribution < 1.29 is 9.47 Å². The Kier molecular flexibility index (Phi) is 5.60. The summed E-state index contributed by atoms with van der Waals surface area (Å²) in [5.41, 5.74) is 3.12. The van der Waals surface area contributed by atoms with Gasteiger partial charge in [-0.25, -0.2) is 19.9 Å². The number of benzene rings is 1. The lowest BCUT2D eigenvalue weighted by Gasteiger charge is -2.24. The third-order valence-corrected chi connectivity index (χ3v) is 8.37. The number of halogens is 1. The molecule has 9 heteroatoms. The average Bonchev–Trinajstić information content (AvgIpc) is 3.41. The highest BCUT2D eigenvalue weighted by Gasteiger charge is 2.54. The molecule has 4 atom stereocenters. The van der Waals surface area contributed by atoms with Gasteiger partial charge in [0.25, 0.3) is 0 Å². The second-order valence-corrected chi connectivity index (χ2v) is 11.6. The third-order valence-electron chi connectivity index (χ3n) is 8.07. The maximum atomic E-state index is 6.45. The molecule has 37 heavy (non-hydrogen) atoms. The topological polar surface area (TPSA) is 87.0 Å². The first-order chi connectivity index (χ1) is 17.9. The fourth-order valence-corrected chi connectivity index (χ4v) is 6.23. The standard InChI is InChI=1S/C28H31ClN6O2/c1-28(2)36-23-18(12-22(24(23)37-28)35-10-9-20-25(29)32-15-33-26(20)35)7-5-16-6-8-19-14-31-27(34-21(19)11-16)30-13-17-3-4-17/h6,8-11,14-15,17-18,22-24H,3-5,7,12-13H2,1-2H3,(H,30,31,34)/t18-,22+,23+,24-/m0/s1. The van der Waals surface area contributed by atoms with Crippen LogP contribution in [0.15, 0.2) is 43.0 Å². The molecule has 2 aliphatic carbocycles. The van der Waals surface area contributed by atoms with Crippen LogP contribution in [-0.4, -0.2) is 49.0 Å². The van der Waals surface area contributed by atoms with Gasteiger partial charge in [-0.15, -0.1) is 0 Å². The molecule has 1 aromatic carbocycles. The van der Waals surface area contributed by atoms with E-state index >= 15 is 0 Å². The highest BCUT2D eigenvalue weighted by atomic mass is 35.5. The minimum Gasteiger partial charge on any atom is -0.354 e. The molecule has 1 saturated heterocycles. The van der Waals surface area contributed by atoms with E-state index < -0.39 is 5.79 Å². The van der Waals surface area contributed by atoms with Crippen LogP contribution in [-0.2, 0) is 15.9 Å². The fourth-order valence-electron chi connectivity index (χ4n) is 6.04.